The molecule has 170 valence electrons. The Hall–Kier alpha value is -2.44. The summed E-state index contributed by atoms with van der Waals surface area (Å²) in [7, 11) is -2.79. The summed E-state index contributed by atoms with van der Waals surface area (Å²) in [5.41, 5.74) is -1.38. The highest BCUT2D eigenvalue weighted by Gasteiger charge is 2.58. The molecular formula is C26H33NO4Si. The van der Waals surface area contributed by atoms with Crippen molar-refractivity contribution in [3.63, 3.8) is 0 Å². The van der Waals surface area contributed by atoms with Crippen LogP contribution >= 0.6 is 0 Å². The van der Waals surface area contributed by atoms with Gasteiger partial charge in [-0.3, -0.25) is 0 Å². The number of carbonyl (C=O) groups excluding carboxylic acids is 2. The molecule has 4 rings (SSSR count). The van der Waals surface area contributed by atoms with E-state index in [1.807, 2.05) is 19.1 Å². The lowest BCUT2D eigenvalue weighted by Gasteiger charge is -2.51. The van der Waals surface area contributed by atoms with Gasteiger partial charge in [0.05, 0.1) is 18.1 Å². The molecule has 1 amide bonds. The zero-order valence-corrected chi connectivity index (χ0v) is 20.4. The van der Waals surface area contributed by atoms with E-state index in [2.05, 4.69) is 74.6 Å². The molecule has 1 N–H and O–H groups in total. The Balaban J connectivity index is 1.80. The van der Waals surface area contributed by atoms with E-state index >= 15 is 0 Å². The molecule has 1 heterocycles. The van der Waals surface area contributed by atoms with Crippen molar-refractivity contribution in [3.05, 3.63) is 60.7 Å². The van der Waals surface area contributed by atoms with Gasteiger partial charge in [-0.2, -0.15) is 0 Å². The van der Waals surface area contributed by atoms with Crippen LogP contribution in [0.25, 0.3) is 0 Å². The molecule has 1 saturated heterocycles. The Kier molecular flexibility index (Phi) is 5.80. The third kappa shape index (κ3) is 3.80. The fourth-order valence-electron chi connectivity index (χ4n) is 5.58. The lowest BCUT2D eigenvalue weighted by molar-refractivity contribution is -0.133. The molecule has 2 aliphatic rings. The number of carbonyl (C=O) groups is 2. The van der Waals surface area contributed by atoms with Crippen molar-refractivity contribution in [1.82, 2.24) is 5.32 Å². The minimum absolute atomic E-state index is 0.171. The molecule has 1 aliphatic carbocycles. The zero-order chi connectivity index (χ0) is 23.0. The molecule has 2 aromatic carbocycles. The van der Waals surface area contributed by atoms with E-state index in [0.717, 1.165) is 6.29 Å². The van der Waals surface area contributed by atoms with Gasteiger partial charge in [0.15, 0.2) is 0 Å². The first-order valence-electron chi connectivity index (χ1n) is 11.4. The number of rotatable bonds is 5. The van der Waals surface area contributed by atoms with Crippen molar-refractivity contribution in [2.75, 3.05) is 6.54 Å². The van der Waals surface area contributed by atoms with Crippen LogP contribution in [0.5, 0.6) is 0 Å². The van der Waals surface area contributed by atoms with Crippen LogP contribution in [0.2, 0.25) is 5.04 Å². The molecular weight excluding hydrogens is 418 g/mol. The molecule has 2 aromatic rings. The number of alkyl carbamates (subject to hydrolysis) is 1. The Morgan fingerprint density at radius 1 is 1.06 bits per heavy atom. The molecule has 1 saturated carbocycles. The summed E-state index contributed by atoms with van der Waals surface area (Å²) in [4.78, 5) is 24.3. The molecule has 1 aliphatic heterocycles. The number of hydrogen-bond donors (Lipinski definition) is 1. The highest BCUT2D eigenvalue weighted by molar-refractivity contribution is 6.99. The highest BCUT2D eigenvalue weighted by Crippen LogP contribution is 2.48. The molecule has 32 heavy (non-hydrogen) atoms. The zero-order valence-electron chi connectivity index (χ0n) is 19.4. The first-order chi connectivity index (χ1) is 15.1. The minimum atomic E-state index is -2.79. The molecule has 0 radical (unpaired) electrons. The van der Waals surface area contributed by atoms with Crippen molar-refractivity contribution in [2.45, 2.75) is 63.7 Å². The fraction of sp³-hybridized carbons (Fsp3) is 0.462. The van der Waals surface area contributed by atoms with Gasteiger partial charge in [0.1, 0.15) is 11.9 Å². The van der Waals surface area contributed by atoms with Crippen LogP contribution < -0.4 is 15.7 Å². The van der Waals surface area contributed by atoms with Crippen LogP contribution in [-0.2, 0) is 14.0 Å². The second kappa shape index (κ2) is 8.16. The van der Waals surface area contributed by atoms with Crippen LogP contribution in [0.15, 0.2) is 60.7 Å². The number of aldehydes is 1. The Labute approximate surface area is 191 Å². The van der Waals surface area contributed by atoms with Crippen LogP contribution in [0.1, 0.15) is 47.0 Å². The van der Waals surface area contributed by atoms with E-state index in [0.29, 0.717) is 25.8 Å². The van der Waals surface area contributed by atoms with E-state index in [-0.39, 0.29) is 11.1 Å². The first kappa shape index (κ1) is 22.7. The second-order valence-electron chi connectivity index (χ2n) is 10.5. The topological polar surface area (TPSA) is 64.6 Å². The van der Waals surface area contributed by atoms with Gasteiger partial charge in [-0.1, -0.05) is 88.4 Å². The van der Waals surface area contributed by atoms with Gasteiger partial charge in [0, 0.05) is 6.42 Å². The molecule has 5 nitrogen and oxygen atoms in total. The van der Waals surface area contributed by atoms with E-state index in [9.17, 15) is 9.59 Å². The average Bonchev–Trinajstić information content (AvgIpc) is 3.13. The Bertz CT molecular complexity index is 935. The summed E-state index contributed by atoms with van der Waals surface area (Å²) >= 11 is 0. The van der Waals surface area contributed by atoms with Crippen LogP contribution in [0, 0.1) is 5.41 Å². The van der Waals surface area contributed by atoms with Crippen LogP contribution in [-0.4, -0.2) is 38.9 Å². The van der Waals surface area contributed by atoms with Crippen LogP contribution in [0.4, 0.5) is 4.79 Å². The summed E-state index contributed by atoms with van der Waals surface area (Å²) in [6, 6.07) is 21.0. The summed E-state index contributed by atoms with van der Waals surface area (Å²) in [5.74, 6) is 0. The largest absolute Gasteiger partial charge is 0.441 e. The smallest absolute Gasteiger partial charge is 0.407 e. The second-order valence-corrected chi connectivity index (χ2v) is 14.8. The monoisotopic (exact) mass is 451 g/mol. The number of nitrogens with one attached hydrogen (secondary N) is 1. The third-order valence-electron chi connectivity index (χ3n) is 7.17. The fourth-order valence-corrected chi connectivity index (χ4v) is 10.4. The summed E-state index contributed by atoms with van der Waals surface area (Å²) < 4.78 is 12.9. The summed E-state index contributed by atoms with van der Waals surface area (Å²) in [5, 5.41) is 4.99. The Morgan fingerprint density at radius 2 is 1.62 bits per heavy atom. The lowest BCUT2D eigenvalue weighted by atomic mass is 9.67. The lowest BCUT2D eigenvalue weighted by Crippen LogP contribution is -2.69. The van der Waals surface area contributed by atoms with Gasteiger partial charge in [-0.25, -0.2) is 4.79 Å². The van der Waals surface area contributed by atoms with E-state index < -0.39 is 25.4 Å². The number of amides is 1. The molecule has 6 heteroatoms. The van der Waals surface area contributed by atoms with Crippen molar-refractivity contribution in [1.29, 1.82) is 0 Å². The quantitative estimate of drug-likeness (QED) is 0.555. The van der Waals surface area contributed by atoms with Crippen LogP contribution in [0.3, 0.4) is 0 Å². The van der Waals surface area contributed by atoms with Gasteiger partial charge >= 0.3 is 6.09 Å². The highest BCUT2D eigenvalue weighted by atomic mass is 28.4. The molecule has 3 atom stereocenters. The average molecular weight is 452 g/mol. The first-order valence-corrected chi connectivity index (χ1v) is 13.3. The van der Waals surface area contributed by atoms with Gasteiger partial charge in [-0.15, -0.1) is 0 Å². The molecule has 0 aromatic heterocycles. The van der Waals surface area contributed by atoms with Gasteiger partial charge < -0.3 is 19.3 Å². The Morgan fingerprint density at radius 3 is 2.06 bits per heavy atom. The summed E-state index contributed by atoms with van der Waals surface area (Å²) in [6.45, 7) is 9.12. The standard InChI is InChI=1S/C26H33NO4Si/c1-24(2,3)32(20-11-7-5-8-12-20,21-13-9-6-10-14-21)31-22-15-16-26(17-25(22,4)19-28)18-27-23(29)30-26/h5-14,19,22H,15-18H2,1-4H3,(H,27,29)/t22-,25+,26+/m1/s1. The van der Waals surface area contributed by atoms with Crippen molar-refractivity contribution >= 4 is 31.1 Å². The maximum atomic E-state index is 12.5. The third-order valence-corrected chi connectivity index (χ3v) is 12.2. The minimum Gasteiger partial charge on any atom is -0.441 e. The van der Waals surface area contributed by atoms with Crippen molar-refractivity contribution in [3.8, 4) is 0 Å². The van der Waals surface area contributed by atoms with Gasteiger partial charge in [0.2, 0.25) is 0 Å². The molecule has 0 unspecified atom stereocenters. The van der Waals surface area contributed by atoms with E-state index in [4.69, 9.17) is 9.16 Å². The summed E-state index contributed by atoms with van der Waals surface area (Å²) in [6.07, 6.45) is 2.15. The predicted molar refractivity (Wildman–Crippen MR) is 128 cm³/mol. The molecule has 0 bridgehead atoms. The molecule has 1 spiro atoms. The van der Waals surface area contributed by atoms with Gasteiger partial charge in [-0.05, 0) is 28.3 Å². The normalized spacial score (nSPS) is 28.2. The molecule has 2 fully saturated rings. The van der Waals surface area contributed by atoms with E-state index in [1.54, 1.807) is 0 Å². The predicted octanol–water partition coefficient (Wildman–Crippen LogP) is 3.80. The SMILES string of the molecule is CC(C)(C)[Si](O[C@@H]1CC[C@@]2(CNC(=O)O2)C[C@@]1(C)C=O)(c1ccccc1)c1ccccc1. The number of ether oxygens (including phenoxy) is 1. The van der Waals surface area contributed by atoms with Crippen molar-refractivity contribution < 1.29 is 18.8 Å². The van der Waals surface area contributed by atoms with Gasteiger partial charge in [0.25, 0.3) is 8.32 Å². The van der Waals surface area contributed by atoms with Crippen molar-refractivity contribution in [2.24, 2.45) is 5.41 Å². The number of benzene rings is 2. The maximum absolute atomic E-state index is 12.5. The van der Waals surface area contributed by atoms with E-state index in [1.165, 1.54) is 10.4 Å². The number of hydrogen-bond acceptors (Lipinski definition) is 4. The maximum Gasteiger partial charge on any atom is 0.407 e.